The monoisotopic (exact) mass is 208 g/mol. The normalized spacial score (nSPS) is 20.6. The van der Waals surface area contributed by atoms with Crippen molar-refractivity contribution in [3.05, 3.63) is 12.3 Å². The molecule has 1 rings (SSSR count). The highest BCUT2D eigenvalue weighted by molar-refractivity contribution is 6.24. The van der Waals surface area contributed by atoms with Crippen molar-refractivity contribution in [2.75, 3.05) is 0 Å². The van der Waals surface area contributed by atoms with Crippen LogP contribution in [-0.4, -0.2) is 17.4 Å². The van der Waals surface area contributed by atoms with Crippen LogP contribution in [-0.2, 0) is 9.59 Å². The molecule has 0 saturated heterocycles. The maximum atomic E-state index is 11.4. The summed E-state index contributed by atoms with van der Waals surface area (Å²) in [6.45, 7) is 4.17. The van der Waals surface area contributed by atoms with E-state index >= 15 is 0 Å². The molecule has 1 heterocycles. The summed E-state index contributed by atoms with van der Waals surface area (Å²) in [6.07, 6.45) is 4.30. The predicted molar refractivity (Wildman–Crippen MR) is 58.3 cm³/mol. The van der Waals surface area contributed by atoms with Gasteiger partial charge in [-0.15, -0.1) is 0 Å². The number of hydrogen-bond donors (Lipinski definition) is 1. The molecule has 82 valence electrons. The van der Waals surface area contributed by atoms with Crippen LogP contribution in [0, 0.1) is 11.8 Å². The molecule has 4 nitrogen and oxygen atoms in total. The van der Waals surface area contributed by atoms with Crippen molar-refractivity contribution in [3.63, 3.8) is 0 Å². The first kappa shape index (κ1) is 11.6. The van der Waals surface area contributed by atoms with Crippen LogP contribution >= 0.6 is 0 Å². The maximum Gasteiger partial charge on any atom is 0.234 e. The second-order valence-electron chi connectivity index (χ2n) is 4.11. The minimum absolute atomic E-state index is 0.253. The molecule has 0 fully saturated rings. The first-order valence-corrected chi connectivity index (χ1v) is 5.08. The van der Waals surface area contributed by atoms with E-state index in [0.29, 0.717) is 18.1 Å². The zero-order chi connectivity index (χ0) is 11.4. The molecule has 0 saturated carbocycles. The summed E-state index contributed by atoms with van der Waals surface area (Å²) in [6, 6.07) is 0. The number of rotatable bonds is 4. The van der Waals surface area contributed by atoms with Gasteiger partial charge in [0.25, 0.3) is 0 Å². The highest BCUT2D eigenvalue weighted by atomic mass is 16.2. The van der Waals surface area contributed by atoms with Gasteiger partial charge in [-0.1, -0.05) is 13.8 Å². The summed E-state index contributed by atoms with van der Waals surface area (Å²) in [5, 5.41) is 0. The highest BCUT2D eigenvalue weighted by Gasteiger charge is 2.29. The molecule has 0 radical (unpaired) electrons. The quantitative estimate of drug-likeness (QED) is 0.701. The van der Waals surface area contributed by atoms with Gasteiger partial charge in [-0.2, -0.15) is 0 Å². The van der Waals surface area contributed by atoms with Crippen molar-refractivity contribution in [1.29, 1.82) is 0 Å². The van der Waals surface area contributed by atoms with Gasteiger partial charge in [0.15, 0.2) is 5.78 Å². The molecule has 0 bridgehead atoms. The summed E-state index contributed by atoms with van der Waals surface area (Å²) in [4.78, 5) is 26.6. The SMILES string of the molecule is CC(C)CCC1=NC=CC(=O)C1C(N)=O. The first-order chi connectivity index (χ1) is 7.02. The fourth-order valence-corrected chi connectivity index (χ4v) is 1.49. The molecule has 1 aliphatic heterocycles. The highest BCUT2D eigenvalue weighted by Crippen LogP contribution is 2.15. The Balaban J connectivity index is 2.75. The Morgan fingerprint density at radius 3 is 2.80 bits per heavy atom. The summed E-state index contributed by atoms with van der Waals surface area (Å²) in [7, 11) is 0. The molecule has 2 N–H and O–H groups in total. The zero-order valence-corrected chi connectivity index (χ0v) is 9.06. The smallest absolute Gasteiger partial charge is 0.234 e. The number of aliphatic imine (C=N–C) groups is 1. The number of carbonyl (C=O) groups excluding carboxylic acids is 2. The summed E-state index contributed by atoms with van der Waals surface area (Å²) in [5.74, 6) is -1.18. The number of ketones is 1. The molecule has 1 amide bonds. The van der Waals surface area contributed by atoms with E-state index in [1.54, 1.807) is 0 Å². The van der Waals surface area contributed by atoms with E-state index in [4.69, 9.17) is 5.73 Å². The van der Waals surface area contributed by atoms with E-state index < -0.39 is 11.8 Å². The number of allylic oxidation sites excluding steroid dienone is 1. The third-order valence-corrected chi connectivity index (χ3v) is 2.36. The standard InChI is InChI=1S/C11H16N2O2/c1-7(2)3-4-8-10(11(12)15)9(14)5-6-13-8/h5-7,10H,3-4H2,1-2H3,(H2,12,15). The van der Waals surface area contributed by atoms with Gasteiger partial charge in [-0.05, 0) is 18.8 Å². The average molecular weight is 208 g/mol. The molecule has 1 aliphatic rings. The maximum absolute atomic E-state index is 11.4. The van der Waals surface area contributed by atoms with Crippen LogP contribution in [0.2, 0.25) is 0 Å². The molecule has 0 aromatic rings. The Hall–Kier alpha value is -1.45. The van der Waals surface area contributed by atoms with Crippen LogP contribution in [0.1, 0.15) is 26.7 Å². The Kier molecular flexibility index (Phi) is 3.77. The first-order valence-electron chi connectivity index (χ1n) is 5.08. The van der Waals surface area contributed by atoms with Crippen LogP contribution < -0.4 is 5.73 Å². The van der Waals surface area contributed by atoms with Crippen LogP contribution in [0.3, 0.4) is 0 Å². The minimum Gasteiger partial charge on any atom is -0.369 e. The van der Waals surface area contributed by atoms with Gasteiger partial charge >= 0.3 is 0 Å². The summed E-state index contributed by atoms with van der Waals surface area (Å²) < 4.78 is 0. The van der Waals surface area contributed by atoms with Gasteiger partial charge in [-0.3, -0.25) is 14.6 Å². The number of nitrogens with zero attached hydrogens (tertiary/aromatic N) is 1. The third-order valence-electron chi connectivity index (χ3n) is 2.36. The van der Waals surface area contributed by atoms with Crippen molar-refractivity contribution < 1.29 is 9.59 Å². The summed E-state index contributed by atoms with van der Waals surface area (Å²) in [5.41, 5.74) is 5.78. The molecule has 0 aromatic heterocycles. The largest absolute Gasteiger partial charge is 0.369 e. The van der Waals surface area contributed by atoms with Crippen molar-refractivity contribution >= 4 is 17.4 Å². The van der Waals surface area contributed by atoms with Crippen LogP contribution in [0.15, 0.2) is 17.3 Å². The second-order valence-corrected chi connectivity index (χ2v) is 4.11. The average Bonchev–Trinajstić information content (AvgIpc) is 2.13. The van der Waals surface area contributed by atoms with Crippen LogP contribution in [0.5, 0.6) is 0 Å². The summed E-state index contributed by atoms with van der Waals surface area (Å²) >= 11 is 0. The fraction of sp³-hybridized carbons (Fsp3) is 0.545. The Bertz CT molecular complexity index is 329. The molecular weight excluding hydrogens is 192 g/mol. The predicted octanol–water partition coefficient (Wildman–Crippen LogP) is 1.06. The molecule has 0 aliphatic carbocycles. The molecule has 4 heteroatoms. The van der Waals surface area contributed by atoms with Crippen LogP contribution in [0.4, 0.5) is 0 Å². The van der Waals surface area contributed by atoms with E-state index in [-0.39, 0.29) is 5.78 Å². The van der Waals surface area contributed by atoms with Gasteiger partial charge in [0.05, 0.1) is 0 Å². The fourth-order valence-electron chi connectivity index (χ4n) is 1.49. The van der Waals surface area contributed by atoms with E-state index in [1.165, 1.54) is 12.3 Å². The molecule has 15 heavy (non-hydrogen) atoms. The number of nitrogens with two attached hydrogens (primary N) is 1. The lowest BCUT2D eigenvalue weighted by molar-refractivity contribution is -0.126. The molecule has 1 atom stereocenters. The Labute approximate surface area is 89.3 Å². The van der Waals surface area contributed by atoms with Crippen molar-refractivity contribution in [2.24, 2.45) is 22.6 Å². The van der Waals surface area contributed by atoms with Gasteiger partial charge in [-0.25, -0.2) is 0 Å². The van der Waals surface area contributed by atoms with Crippen LogP contribution in [0.25, 0.3) is 0 Å². The van der Waals surface area contributed by atoms with E-state index in [2.05, 4.69) is 18.8 Å². The number of amides is 1. The molecule has 1 unspecified atom stereocenters. The van der Waals surface area contributed by atoms with E-state index in [9.17, 15) is 9.59 Å². The molecule has 0 aromatic carbocycles. The second kappa shape index (κ2) is 4.87. The van der Waals surface area contributed by atoms with Crippen molar-refractivity contribution in [1.82, 2.24) is 0 Å². The zero-order valence-electron chi connectivity index (χ0n) is 9.06. The lowest BCUT2D eigenvalue weighted by Gasteiger charge is -2.16. The van der Waals surface area contributed by atoms with Gasteiger partial charge in [0.2, 0.25) is 5.91 Å². The topological polar surface area (TPSA) is 72.5 Å². The Morgan fingerprint density at radius 1 is 1.60 bits per heavy atom. The van der Waals surface area contributed by atoms with Crippen molar-refractivity contribution in [2.45, 2.75) is 26.7 Å². The molecular formula is C11H16N2O2. The van der Waals surface area contributed by atoms with E-state index in [0.717, 1.165) is 6.42 Å². The molecule has 0 spiro atoms. The number of carbonyl (C=O) groups is 2. The van der Waals surface area contributed by atoms with Gasteiger partial charge in [0.1, 0.15) is 5.92 Å². The number of primary amides is 1. The van der Waals surface area contributed by atoms with Gasteiger partial charge < -0.3 is 5.73 Å². The minimum atomic E-state index is -0.839. The lowest BCUT2D eigenvalue weighted by atomic mass is 9.90. The van der Waals surface area contributed by atoms with Gasteiger partial charge in [0, 0.05) is 18.0 Å². The van der Waals surface area contributed by atoms with E-state index in [1.807, 2.05) is 0 Å². The third kappa shape index (κ3) is 3.01. The lowest BCUT2D eigenvalue weighted by Crippen LogP contribution is -2.37. The number of hydrogen-bond acceptors (Lipinski definition) is 3. The Morgan fingerprint density at radius 2 is 2.27 bits per heavy atom. The van der Waals surface area contributed by atoms with Crippen molar-refractivity contribution in [3.8, 4) is 0 Å².